The molecule has 1 aromatic heterocycles. The van der Waals surface area contributed by atoms with Gasteiger partial charge in [0.25, 0.3) is 0 Å². The molecule has 0 amide bonds. The van der Waals surface area contributed by atoms with Crippen molar-refractivity contribution in [1.29, 1.82) is 0 Å². The lowest BCUT2D eigenvalue weighted by molar-refractivity contribution is 0.630. The summed E-state index contributed by atoms with van der Waals surface area (Å²) in [5.74, 6) is -0.310. The van der Waals surface area contributed by atoms with E-state index in [1.807, 2.05) is 6.92 Å². The maximum Gasteiger partial charge on any atom is 0.133 e. The molecule has 2 nitrogen and oxygen atoms in total. The van der Waals surface area contributed by atoms with Crippen molar-refractivity contribution in [2.24, 2.45) is 0 Å². The van der Waals surface area contributed by atoms with Gasteiger partial charge in [-0.25, -0.2) is 14.4 Å². The molecule has 76 valence electrons. The molecule has 0 aliphatic rings. The molecule has 0 spiro atoms. The molecular formula is C11H8ClFN2. The van der Waals surface area contributed by atoms with Crippen LogP contribution in [0.4, 0.5) is 4.39 Å². The van der Waals surface area contributed by atoms with Gasteiger partial charge in [-0.3, -0.25) is 0 Å². The second-order valence-corrected chi connectivity index (χ2v) is 3.60. The monoisotopic (exact) mass is 222 g/mol. The fourth-order valence-corrected chi connectivity index (χ4v) is 1.46. The number of benzene rings is 1. The third-order valence-electron chi connectivity index (χ3n) is 2.03. The molecule has 0 saturated carbocycles. The van der Waals surface area contributed by atoms with E-state index >= 15 is 0 Å². The standard InChI is InChI=1S/C11H8ClFN2/c1-7-2-3-9(13)8(4-7)10-5-11(12)15-6-14-10/h2-6H,1H3. The van der Waals surface area contributed by atoms with Gasteiger partial charge in [-0.2, -0.15) is 0 Å². The SMILES string of the molecule is Cc1ccc(F)c(-c2cc(Cl)ncn2)c1. The smallest absolute Gasteiger partial charge is 0.133 e. The molecule has 0 atom stereocenters. The molecule has 0 unspecified atom stereocenters. The predicted octanol–water partition coefficient (Wildman–Crippen LogP) is 3.24. The van der Waals surface area contributed by atoms with Crippen molar-refractivity contribution < 1.29 is 4.39 Å². The normalized spacial score (nSPS) is 10.3. The van der Waals surface area contributed by atoms with E-state index in [1.54, 1.807) is 18.2 Å². The number of nitrogens with zero attached hydrogens (tertiary/aromatic N) is 2. The van der Waals surface area contributed by atoms with Crippen LogP contribution in [0.15, 0.2) is 30.6 Å². The Morgan fingerprint density at radius 3 is 2.73 bits per heavy atom. The van der Waals surface area contributed by atoms with Crippen molar-refractivity contribution in [3.63, 3.8) is 0 Å². The third-order valence-corrected chi connectivity index (χ3v) is 2.24. The van der Waals surface area contributed by atoms with Crippen molar-refractivity contribution in [2.45, 2.75) is 6.92 Å². The Balaban J connectivity index is 2.58. The summed E-state index contributed by atoms with van der Waals surface area (Å²) in [4.78, 5) is 7.73. The van der Waals surface area contributed by atoms with E-state index < -0.39 is 0 Å². The van der Waals surface area contributed by atoms with Crippen LogP contribution in [-0.2, 0) is 0 Å². The van der Waals surface area contributed by atoms with Gasteiger partial charge in [0.2, 0.25) is 0 Å². The van der Waals surface area contributed by atoms with Gasteiger partial charge in [0.1, 0.15) is 17.3 Å². The first-order valence-electron chi connectivity index (χ1n) is 4.41. The lowest BCUT2D eigenvalue weighted by Crippen LogP contribution is -1.90. The summed E-state index contributed by atoms with van der Waals surface area (Å²) in [6, 6.07) is 6.40. The molecule has 0 radical (unpaired) electrons. The van der Waals surface area contributed by atoms with Crippen LogP contribution >= 0.6 is 11.6 Å². The lowest BCUT2D eigenvalue weighted by atomic mass is 10.1. The fourth-order valence-electron chi connectivity index (χ4n) is 1.32. The van der Waals surface area contributed by atoms with Crippen molar-refractivity contribution in [1.82, 2.24) is 9.97 Å². The number of aryl methyl sites for hydroxylation is 1. The zero-order valence-corrected chi connectivity index (χ0v) is 8.79. The van der Waals surface area contributed by atoms with Gasteiger partial charge >= 0.3 is 0 Å². The molecule has 0 aliphatic carbocycles. The predicted molar refractivity (Wildman–Crippen MR) is 57.2 cm³/mol. The van der Waals surface area contributed by atoms with Gasteiger partial charge in [-0.15, -0.1) is 0 Å². The molecule has 2 rings (SSSR count). The number of rotatable bonds is 1. The van der Waals surface area contributed by atoms with Gasteiger partial charge < -0.3 is 0 Å². The van der Waals surface area contributed by atoms with Crippen LogP contribution in [0.3, 0.4) is 0 Å². The van der Waals surface area contributed by atoms with Gasteiger partial charge in [-0.05, 0) is 19.1 Å². The molecule has 2 aromatic rings. The van der Waals surface area contributed by atoms with Crippen LogP contribution in [0.5, 0.6) is 0 Å². The average Bonchev–Trinajstić information content (AvgIpc) is 2.22. The molecule has 0 bridgehead atoms. The first-order valence-corrected chi connectivity index (χ1v) is 4.78. The van der Waals surface area contributed by atoms with E-state index in [0.717, 1.165) is 5.56 Å². The van der Waals surface area contributed by atoms with Crippen molar-refractivity contribution >= 4 is 11.6 Å². The minimum Gasteiger partial charge on any atom is -0.236 e. The molecule has 1 aromatic carbocycles. The topological polar surface area (TPSA) is 25.8 Å². The Bertz CT molecular complexity index is 500. The molecule has 0 N–H and O–H groups in total. The Hall–Kier alpha value is -1.48. The van der Waals surface area contributed by atoms with Crippen molar-refractivity contribution in [3.05, 3.63) is 47.1 Å². The molecule has 0 fully saturated rings. The van der Waals surface area contributed by atoms with E-state index in [-0.39, 0.29) is 5.82 Å². The molecule has 4 heteroatoms. The second-order valence-electron chi connectivity index (χ2n) is 3.21. The highest BCUT2D eigenvalue weighted by molar-refractivity contribution is 6.29. The maximum atomic E-state index is 13.5. The van der Waals surface area contributed by atoms with Gasteiger partial charge in [0.15, 0.2) is 0 Å². The molecule has 15 heavy (non-hydrogen) atoms. The van der Waals surface area contributed by atoms with Crippen LogP contribution < -0.4 is 0 Å². The minimum atomic E-state index is -0.310. The Morgan fingerprint density at radius 1 is 1.20 bits per heavy atom. The molecule has 0 aliphatic heterocycles. The second kappa shape index (κ2) is 3.95. The lowest BCUT2D eigenvalue weighted by Gasteiger charge is -2.03. The summed E-state index contributed by atoms with van der Waals surface area (Å²) < 4.78 is 13.5. The average molecular weight is 223 g/mol. The van der Waals surface area contributed by atoms with Gasteiger partial charge in [0, 0.05) is 11.6 Å². The van der Waals surface area contributed by atoms with E-state index in [1.165, 1.54) is 12.4 Å². The van der Waals surface area contributed by atoms with Crippen LogP contribution in [0.1, 0.15) is 5.56 Å². The fraction of sp³-hybridized carbons (Fsp3) is 0.0909. The van der Waals surface area contributed by atoms with Gasteiger partial charge in [0.05, 0.1) is 5.69 Å². The zero-order chi connectivity index (χ0) is 10.8. The van der Waals surface area contributed by atoms with Crippen LogP contribution in [0, 0.1) is 12.7 Å². The van der Waals surface area contributed by atoms with Crippen molar-refractivity contribution in [3.8, 4) is 11.3 Å². The number of hydrogen-bond acceptors (Lipinski definition) is 2. The molecule has 0 saturated heterocycles. The highest BCUT2D eigenvalue weighted by Gasteiger charge is 2.07. The Labute approximate surface area is 91.8 Å². The van der Waals surface area contributed by atoms with Crippen LogP contribution in [0.2, 0.25) is 5.15 Å². The van der Waals surface area contributed by atoms with Crippen LogP contribution in [-0.4, -0.2) is 9.97 Å². The van der Waals surface area contributed by atoms with Crippen molar-refractivity contribution in [2.75, 3.05) is 0 Å². The highest BCUT2D eigenvalue weighted by Crippen LogP contribution is 2.23. The highest BCUT2D eigenvalue weighted by atomic mass is 35.5. The number of hydrogen-bond donors (Lipinski definition) is 0. The zero-order valence-electron chi connectivity index (χ0n) is 8.04. The van der Waals surface area contributed by atoms with Gasteiger partial charge in [-0.1, -0.05) is 23.2 Å². The minimum absolute atomic E-state index is 0.306. The molecular weight excluding hydrogens is 215 g/mol. The summed E-state index contributed by atoms with van der Waals surface area (Å²) in [5, 5.41) is 0.306. The number of halogens is 2. The number of aromatic nitrogens is 2. The maximum absolute atomic E-state index is 13.5. The first-order chi connectivity index (χ1) is 7.16. The van der Waals surface area contributed by atoms with E-state index in [4.69, 9.17) is 11.6 Å². The largest absolute Gasteiger partial charge is 0.236 e. The third kappa shape index (κ3) is 2.13. The summed E-state index contributed by atoms with van der Waals surface area (Å²) in [7, 11) is 0. The first kappa shape index (κ1) is 10.1. The summed E-state index contributed by atoms with van der Waals surface area (Å²) in [6.45, 7) is 1.89. The Morgan fingerprint density at radius 2 is 2.00 bits per heavy atom. The van der Waals surface area contributed by atoms with E-state index in [0.29, 0.717) is 16.4 Å². The van der Waals surface area contributed by atoms with E-state index in [2.05, 4.69) is 9.97 Å². The summed E-state index contributed by atoms with van der Waals surface area (Å²) in [5.41, 5.74) is 1.91. The van der Waals surface area contributed by atoms with E-state index in [9.17, 15) is 4.39 Å². The quantitative estimate of drug-likeness (QED) is 0.693. The summed E-state index contributed by atoms with van der Waals surface area (Å²) >= 11 is 5.71. The van der Waals surface area contributed by atoms with Crippen LogP contribution in [0.25, 0.3) is 11.3 Å². The summed E-state index contributed by atoms with van der Waals surface area (Å²) in [6.07, 6.45) is 1.32. The molecule has 1 heterocycles. The Kier molecular flexibility index (Phi) is 2.64.